The summed E-state index contributed by atoms with van der Waals surface area (Å²) in [6, 6.07) is 14.1. The number of hydrogen-bond donors (Lipinski definition) is 0. The Morgan fingerprint density at radius 1 is 1.14 bits per heavy atom. The summed E-state index contributed by atoms with van der Waals surface area (Å²) in [4.78, 5) is 1.25. The Hall–Kier alpha value is -1.58. The predicted molar refractivity (Wildman–Crippen MR) is 92.3 cm³/mol. The van der Waals surface area contributed by atoms with Crippen molar-refractivity contribution in [1.29, 1.82) is 0 Å². The zero-order chi connectivity index (χ0) is 15.5. The molecule has 0 spiro atoms. The first kappa shape index (κ1) is 15.3. The minimum Gasteiger partial charge on any atom is -0.491 e. The number of thiophene rings is 1. The Labute approximate surface area is 138 Å². The summed E-state index contributed by atoms with van der Waals surface area (Å²) in [5, 5.41) is 1.93. The molecule has 0 aliphatic carbocycles. The van der Waals surface area contributed by atoms with Gasteiger partial charge in [0.05, 0.1) is 0 Å². The Morgan fingerprint density at radius 2 is 2.00 bits per heavy atom. The maximum absolute atomic E-state index is 12.2. The Bertz CT molecular complexity index is 797. The lowest BCUT2D eigenvalue weighted by atomic mass is 10.1. The van der Waals surface area contributed by atoms with Crippen LogP contribution in [0.4, 0.5) is 4.39 Å². The van der Waals surface area contributed by atoms with Gasteiger partial charge < -0.3 is 4.74 Å². The van der Waals surface area contributed by atoms with Gasteiger partial charge in [0.1, 0.15) is 19.0 Å². The van der Waals surface area contributed by atoms with E-state index in [1.54, 1.807) is 11.3 Å². The fourth-order valence-electron chi connectivity index (χ4n) is 2.44. The molecule has 0 saturated heterocycles. The molecule has 0 aliphatic heterocycles. The van der Waals surface area contributed by atoms with Gasteiger partial charge in [0.25, 0.3) is 0 Å². The standard InChI is InChI=1S/C18H16ClFOS/c1-12-2-4-17(19)13(8-12)10-16-11-14-9-15(21-7-6-20)3-5-18(14)22-16/h2-5,8-9,11H,6-7,10H2,1H3. The molecule has 1 nitrogen and oxygen atoms in total. The average molecular weight is 335 g/mol. The van der Waals surface area contributed by atoms with Crippen molar-refractivity contribution in [3.63, 3.8) is 0 Å². The maximum Gasteiger partial charge on any atom is 0.123 e. The van der Waals surface area contributed by atoms with Gasteiger partial charge in [0.15, 0.2) is 0 Å². The summed E-state index contributed by atoms with van der Waals surface area (Å²) in [7, 11) is 0. The van der Waals surface area contributed by atoms with E-state index in [4.69, 9.17) is 16.3 Å². The first-order valence-corrected chi connectivity index (χ1v) is 8.31. The molecule has 2 aromatic carbocycles. The van der Waals surface area contributed by atoms with Crippen LogP contribution in [0.3, 0.4) is 0 Å². The topological polar surface area (TPSA) is 9.23 Å². The molecule has 0 aliphatic rings. The molecule has 4 heteroatoms. The monoisotopic (exact) mass is 334 g/mol. The predicted octanol–water partition coefficient (Wildman–Crippen LogP) is 5.80. The summed E-state index contributed by atoms with van der Waals surface area (Å²) >= 11 is 8.03. The van der Waals surface area contributed by atoms with Crippen molar-refractivity contribution >= 4 is 33.0 Å². The van der Waals surface area contributed by atoms with Crippen LogP contribution in [0, 0.1) is 6.92 Å². The second kappa shape index (κ2) is 6.67. The van der Waals surface area contributed by atoms with Gasteiger partial charge in [-0.15, -0.1) is 11.3 Å². The van der Waals surface area contributed by atoms with Crippen LogP contribution in [0.1, 0.15) is 16.0 Å². The molecule has 0 N–H and O–H groups in total. The van der Waals surface area contributed by atoms with Crippen LogP contribution in [0.15, 0.2) is 42.5 Å². The summed E-state index contributed by atoms with van der Waals surface area (Å²) < 4.78 is 18.7. The van der Waals surface area contributed by atoms with E-state index >= 15 is 0 Å². The Balaban J connectivity index is 1.86. The number of aryl methyl sites for hydroxylation is 1. The lowest BCUT2D eigenvalue weighted by molar-refractivity contribution is 0.273. The number of hydrogen-bond acceptors (Lipinski definition) is 2. The van der Waals surface area contributed by atoms with Gasteiger partial charge in [-0.25, -0.2) is 4.39 Å². The second-order valence-electron chi connectivity index (χ2n) is 5.22. The van der Waals surface area contributed by atoms with E-state index in [1.807, 2.05) is 30.3 Å². The number of alkyl halides is 1. The van der Waals surface area contributed by atoms with Gasteiger partial charge in [-0.3, -0.25) is 0 Å². The van der Waals surface area contributed by atoms with Crippen molar-refractivity contribution in [3.8, 4) is 5.75 Å². The molecule has 114 valence electrons. The fraction of sp³-hybridized carbons (Fsp3) is 0.222. The first-order valence-electron chi connectivity index (χ1n) is 7.12. The first-order chi connectivity index (χ1) is 10.7. The minimum absolute atomic E-state index is 0.0986. The van der Waals surface area contributed by atoms with Crippen LogP contribution in [0.25, 0.3) is 10.1 Å². The highest BCUT2D eigenvalue weighted by molar-refractivity contribution is 7.19. The molecule has 0 bridgehead atoms. The van der Waals surface area contributed by atoms with E-state index in [1.165, 1.54) is 15.1 Å². The van der Waals surface area contributed by atoms with Gasteiger partial charge >= 0.3 is 0 Å². The molecule has 1 heterocycles. The highest BCUT2D eigenvalue weighted by Crippen LogP contribution is 2.31. The van der Waals surface area contributed by atoms with E-state index in [0.29, 0.717) is 5.75 Å². The van der Waals surface area contributed by atoms with E-state index < -0.39 is 6.67 Å². The summed E-state index contributed by atoms with van der Waals surface area (Å²) in [5.74, 6) is 0.711. The SMILES string of the molecule is Cc1ccc(Cl)c(Cc2cc3cc(OCCF)ccc3s2)c1. The van der Waals surface area contributed by atoms with Crippen molar-refractivity contribution in [2.24, 2.45) is 0 Å². The summed E-state index contributed by atoms with van der Waals surface area (Å²) in [6.07, 6.45) is 0.820. The van der Waals surface area contributed by atoms with Gasteiger partial charge in [0.2, 0.25) is 0 Å². The van der Waals surface area contributed by atoms with Crippen molar-refractivity contribution < 1.29 is 9.13 Å². The lowest BCUT2D eigenvalue weighted by Gasteiger charge is -2.03. The molecular weight excluding hydrogens is 319 g/mol. The van der Waals surface area contributed by atoms with Crippen LogP contribution in [-0.4, -0.2) is 13.3 Å². The van der Waals surface area contributed by atoms with E-state index in [0.717, 1.165) is 22.4 Å². The van der Waals surface area contributed by atoms with Crippen molar-refractivity contribution in [1.82, 2.24) is 0 Å². The average Bonchev–Trinajstić information content (AvgIpc) is 2.90. The quantitative estimate of drug-likeness (QED) is 0.572. The van der Waals surface area contributed by atoms with Crippen LogP contribution < -0.4 is 4.74 Å². The second-order valence-corrected chi connectivity index (χ2v) is 6.80. The molecule has 22 heavy (non-hydrogen) atoms. The zero-order valence-corrected chi connectivity index (χ0v) is 13.8. The summed E-state index contributed by atoms with van der Waals surface area (Å²) in [6.45, 7) is 1.69. The summed E-state index contributed by atoms with van der Waals surface area (Å²) in [5.41, 5.74) is 2.35. The number of halogens is 2. The minimum atomic E-state index is -0.473. The van der Waals surface area contributed by atoms with Gasteiger partial charge in [-0.05, 0) is 48.2 Å². The normalized spacial score (nSPS) is 11.0. The molecule has 0 saturated carbocycles. The van der Waals surface area contributed by atoms with Crippen LogP contribution in [0.5, 0.6) is 5.75 Å². The molecule has 0 fully saturated rings. The van der Waals surface area contributed by atoms with Crippen molar-refractivity contribution in [2.45, 2.75) is 13.3 Å². The van der Waals surface area contributed by atoms with Gasteiger partial charge in [-0.2, -0.15) is 0 Å². The molecular formula is C18H16ClFOS. The molecule has 3 aromatic rings. The number of fused-ring (bicyclic) bond motifs is 1. The third kappa shape index (κ3) is 3.42. The Kier molecular flexibility index (Phi) is 4.65. The molecule has 0 amide bonds. The van der Waals surface area contributed by atoms with Crippen LogP contribution in [0.2, 0.25) is 5.02 Å². The Morgan fingerprint density at radius 3 is 2.82 bits per heavy atom. The largest absolute Gasteiger partial charge is 0.491 e. The molecule has 0 unspecified atom stereocenters. The highest BCUT2D eigenvalue weighted by Gasteiger charge is 2.07. The molecule has 0 radical (unpaired) electrons. The number of benzene rings is 2. The van der Waals surface area contributed by atoms with Crippen molar-refractivity contribution in [3.05, 3.63) is 63.5 Å². The van der Waals surface area contributed by atoms with Crippen LogP contribution >= 0.6 is 22.9 Å². The third-order valence-electron chi connectivity index (χ3n) is 3.45. The van der Waals surface area contributed by atoms with E-state index in [-0.39, 0.29) is 6.61 Å². The molecule has 3 rings (SSSR count). The third-order valence-corrected chi connectivity index (χ3v) is 4.94. The number of rotatable bonds is 5. The molecule has 0 atom stereocenters. The fourth-order valence-corrected chi connectivity index (χ4v) is 3.69. The van der Waals surface area contributed by atoms with Crippen molar-refractivity contribution in [2.75, 3.05) is 13.3 Å². The van der Waals surface area contributed by atoms with E-state index in [9.17, 15) is 4.39 Å². The molecule has 1 aromatic heterocycles. The van der Waals surface area contributed by atoms with Gasteiger partial charge in [-0.1, -0.05) is 29.3 Å². The van der Waals surface area contributed by atoms with Crippen LogP contribution in [-0.2, 0) is 6.42 Å². The zero-order valence-electron chi connectivity index (χ0n) is 12.2. The maximum atomic E-state index is 12.2. The lowest BCUT2D eigenvalue weighted by Crippen LogP contribution is -1.97. The van der Waals surface area contributed by atoms with Gasteiger partial charge in [0, 0.05) is 21.0 Å². The smallest absolute Gasteiger partial charge is 0.123 e. The highest BCUT2D eigenvalue weighted by atomic mass is 35.5. The van der Waals surface area contributed by atoms with E-state index in [2.05, 4.69) is 19.1 Å². The number of ether oxygens (including phenoxy) is 1.